The number of nitrogens with zero attached hydrogens (tertiary/aromatic N) is 6. The van der Waals surface area contributed by atoms with Crippen molar-refractivity contribution in [2.75, 3.05) is 24.3 Å². The Labute approximate surface area is 375 Å². The molecule has 18 heteroatoms. The Balaban J connectivity index is 1.13. The number of phenols is 1. The molecule has 0 saturated heterocycles. The number of nitrogens with one attached hydrogen (secondary N) is 1. The molecule has 0 saturated carbocycles. The number of rotatable bonds is 17. The van der Waals surface area contributed by atoms with E-state index >= 15 is 0 Å². The van der Waals surface area contributed by atoms with E-state index in [0.717, 1.165) is 27.9 Å². The fourth-order valence-electron chi connectivity index (χ4n) is 6.70. The van der Waals surface area contributed by atoms with Crippen molar-refractivity contribution in [3.8, 4) is 17.2 Å². The lowest BCUT2D eigenvalue weighted by Crippen LogP contribution is -2.08. The highest BCUT2D eigenvalue weighted by molar-refractivity contribution is 7.86. The standard InChI is InChI=1S/C47H43N7O9S2/c1-5-18-62-37-26-33-25-36(14-15-38(33)46(27-37)65(59,60)61)49-51-43-28-45(63-19-9-20-64(56,57)58)44(23-31(43)4)54-53-42-22-29(2)41(21-30(42)3)52-50-40-17-12-32-24-35(13-16-39(32)47(40)55)48-34-10-7-6-8-11-34/h1,6-8,10-17,21-28,48,55H,5,9,18-20H2,2-4H3,(H,56,57,58)(H,59,60,61). The molecule has 332 valence electrons. The second-order valence-electron chi connectivity index (χ2n) is 14.9. The highest BCUT2D eigenvalue weighted by Gasteiger charge is 2.18. The minimum absolute atomic E-state index is 0.00463. The fourth-order valence-corrected chi connectivity index (χ4v) is 7.91. The van der Waals surface area contributed by atoms with Crippen LogP contribution in [0.5, 0.6) is 17.2 Å². The number of phenolic OH excluding ortho intramolecular Hbond substituents is 1. The predicted octanol–water partition coefficient (Wildman–Crippen LogP) is 13.0. The maximum atomic E-state index is 12.2. The molecule has 0 amide bonds. The Morgan fingerprint density at radius 3 is 1.89 bits per heavy atom. The van der Waals surface area contributed by atoms with Gasteiger partial charge in [0.2, 0.25) is 0 Å². The molecule has 0 bridgehead atoms. The van der Waals surface area contributed by atoms with Crippen LogP contribution in [0.25, 0.3) is 21.5 Å². The van der Waals surface area contributed by atoms with Gasteiger partial charge in [-0.2, -0.15) is 37.3 Å². The van der Waals surface area contributed by atoms with Crippen molar-refractivity contribution in [1.29, 1.82) is 0 Å². The molecular formula is C47H43N7O9S2. The molecule has 7 aromatic rings. The van der Waals surface area contributed by atoms with Crippen LogP contribution in [0.3, 0.4) is 0 Å². The van der Waals surface area contributed by atoms with Crippen molar-refractivity contribution >= 4 is 87.3 Å². The van der Waals surface area contributed by atoms with Crippen LogP contribution < -0.4 is 14.8 Å². The van der Waals surface area contributed by atoms with Crippen LogP contribution in [0.4, 0.5) is 45.5 Å². The maximum Gasteiger partial charge on any atom is 0.295 e. The smallest absolute Gasteiger partial charge is 0.295 e. The molecule has 0 fully saturated rings. The van der Waals surface area contributed by atoms with Gasteiger partial charge >= 0.3 is 0 Å². The van der Waals surface area contributed by atoms with E-state index < -0.39 is 26.0 Å². The normalized spacial score (nSPS) is 12.3. The Bertz CT molecular complexity index is 3240. The number of ether oxygens (including phenoxy) is 2. The number of para-hydroxylation sites is 1. The first-order valence-corrected chi connectivity index (χ1v) is 23.1. The molecule has 0 spiro atoms. The lowest BCUT2D eigenvalue weighted by atomic mass is 10.1. The van der Waals surface area contributed by atoms with E-state index in [1.807, 2.05) is 68.4 Å². The van der Waals surface area contributed by atoms with Crippen LogP contribution >= 0.6 is 0 Å². The number of fused-ring (bicyclic) bond motifs is 2. The van der Waals surface area contributed by atoms with Gasteiger partial charge in [-0.25, -0.2) is 0 Å². The summed E-state index contributed by atoms with van der Waals surface area (Å²) in [6.07, 6.45) is 0.176. The summed E-state index contributed by atoms with van der Waals surface area (Å²) in [5.41, 5.74) is 6.33. The van der Waals surface area contributed by atoms with Gasteiger partial charge in [-0.3, -0.25) is 9.11 Å². The van der Waals surface area contributed by atoms with E-state index in [4.69, 9.17) is 16.4 Å². The average Bonchev–Trinajstić information content (AvgIpc) is 3.26. The molecule has 0 aliphatic rings. The summed E-state index contributed by atoms with van der Waals surface area (Å²) in [5.74, 6) is -0.109. The molecule has 0 atom stereocenters. The van der Waals surface area contributed by atoms with Crippen molar-refractivity contribution < 1.29 is 40.5 Å². The highest BCUT2D eigenvalue weighted by Crippen LogP contribution is 2.40. The highest BCUT2D eigenvalue weighted by atomic mass is 32.2. The van der Waals surface area contributed by atoms with Gasteiger partial charge < -0.3 is 19.9 Å². The number of aromatic hydroxyl groups is 1. The van der Waals surface area contributed by atoms with Crippen molar-refractivity contribution in [1.82, 2.24) is 0 Å². The Kier molecular flexibility index (Phi) is 13.9. The van der Waals surface area contributed by atoms with Crippen molar-refractivity contribution in [2.24, 2.45) is 30.7 Å². The van der Waals surface area contributed by atoms with E-state index in [-0.39, 0.29) is 53.6 Å². The summed E-state index contributed by atoms with van der Waals surface area (Å²) in [5, 5.41) is 43.2. The molecule has 0 aliphatic carbocycles. The molecule has 0 heterocycles. The van der Waals surface area contributed by atoms with Gasteiger partial charge in [0, 0.05) is 34.3 Å². The van der Waals surface area contributed by atoms with Crippen LogP contribution in [0.2, 0.25) is 0 Å². The average molecular weight is 914 g/mol. The topological polar surface area (TPSA) is 234 Å². The number of azo groups is 3. The van der Waals surface area contributed by atoms with E-state index in [0.29, 0.717) is 50.5 Å². The van der Waals surface area contributed by atoms with Crippen LogP contribution in [-0.4, -0.2) is 50.0 Å². The lowest BCUT2D eigenvalue weighted by Gasteiger charge is -2.11. The van der Waals surface area contributed by atoms with Gasteiger partial charge in [-0.15, -0.1) is 10.2 Å². The molecule has 0 aromatic heterocycles. The number of anilines is 2. The number of benzene rings is 7. The third kappa shape index (κ3) is 11.7. The first-order valence-electron chi connectivity index (χ1n) is 20.1. The number of hydrogen-bond acceptors (Lipinski definition) is 14. The molecule has 0 unspecified atom stereocenters. The molecule has 16 nitrogen and oxygen atoms in total. The minimum Gasteiger partial charge on any atom is -0.505 e. The maximum absolute atomic E-state index is 12.2. The molecule has 2 radical (unpaired) electrons. The second kappa shape index (κ2) is 19.7. The summed E-state index contributed by atoms with van der Waals surface area (Å²) in [7, 11) is -8.82. The van der Waals surface area contributed by atoms with Crippen molar-refractivity contribution in [3.63, 3.8) is 0 Å². The molecule has 7 rings (SSSR count). The van der Waals surface area contributed by atoms with Gasteiger partial charge in [0.1, 0.15) is 27.8 Å². The third-order valence-corrected chi connectivity index (χ3v) is 11.7. The summed E-state index contributed by atoms with van der Waals surface area (Å²) < 4.78 is 77.7. The van der Waals surface area contributed by atoms with E-state index in [1.54, 1.807) is 49.4 Å². The SMILES string of the molecule is [CH]CCOc1cc(S(=O)(=O)O)c2ccc(N=Nc3cc(OCCCS(=O)(=O)O)c(N=Nc4cc(C)c(N=Nc5ccc6cc(Nc7ccccc7)ccc6c5O)cc4C)cc3C)cc2c1. The zero-order chi connectivity index (χ0) is 46.3. The molecule has 4 N–H and O–H groups in total. The Hall–Kier alpha value is -7.12. The minimum atomic E-state index is -4.59. The van der Waals surface area contributed by atoms with Crippen LogP contribution in [0.15, 0.2) is 151 Å². The summed E-state index contributed by atoms with van der Waals surface area (Å²) in [6, 6.07) is 33.3. The first kappa shape index (κ1) is 45.9. The van der Waals surface area contributed by atoms with Crippen molar-refractivity contribution in [3.05, 3.63) is 139 Å². The van der Waals surface area contributed by atoms with Gasteiger partial charge in [0.25, 0.3) is 20.2 Å². The summed E-state index contributed by atoms with van der Waals surface area (Å²) in [6.45, 7) is 11.0. The molecule has 7 aromatic carbocycles. The summed E-state index contributed by atoms with van der Waals surface area (Å²) in [4.78, 5) is -0.334. The third-order valence-electron chi connectivity index (χ3n) is 9.97. The van der Waals surface area contributed by atoms with E-state index in [1.165, 1.54) is 18.2 Å². The zero-order valence-corrected chi connectivity index (χ0v) is 37.0. The lowest BCUT2D eigenvalue weighted by molar-refractivity contribution is 0.317. The summed E-state index contributed by atoms with van der Waals surface area (Å²) >= 11 is 0. The quantitative estimate of drug-likeness (QED) is 0.0383. The molecule has 65 heavy (non-hydrogen) atoms. The monoisotopic (exact) mass is 913 g/mol. The van der Waals surface area contributed by atoms with Gasteiger partial charge in [-0.05, 0) is 141 Å². The Morgan fingerprint density at radius 1 is 0.585 bits per heavy atom. The zero-order valence-electron chi connectivity index (χ0n) is 35.4. The van der Waals surface area contributed by atoms with Crippen molar-refractivity contribution in [2.45, 2.75) is 38.5 Å². The van der Waals surface area contributed by atoms with Crippen LogP contribution in [-0.2, 0) is 20.2 Å². The first-order chi connectivity index (χ1) is 31.0. The largest absolute Gasteiger partial charge is 0.505 e. The molecule has 0 aliphatic heterocycles. The fraction of sp³-hybridized carbons (Fsp3) is 0.170. The second-order valence-corrected chi connectivity index (χ2v) is 17.9. The number of hydrogen-bond donors (Lipinski definition) is 4. The van der Waals surface area contributed by atoms with Gasteiger partial charge in [0.15, 0.2) is 5.75 Å². The number of aryl methyl sites for hydroxylation is 3. The van der Waals surface area contributed by atoms with E-state index in [9.17, 15) is 31.0 Å². The van der Waals surface area contributed by atoms with Gasteiger partial charge in [0.05, 0.1) is 41.7 Å². The van der Waals surface area contributed by atoms with Crippen LogP contribution in [0, 0.1) is 27.7 Å². The van der Waals surface area contributed by atoms with E-state index in [2.05, 4.69) is 36.0 Å². The Morgan fingerprint density at radius 2 is 1.22 bits per heavy atom. The predicted molar refractivity (Wildman–Crippen MR) is 250 cm³/mol. The van der Waals surface area contributed by atoms with Crippen LogP contribution in [0.1, 0.15) is 29.5 Å². The van der Waals surface area contributed by atoms with Gasteiger partial charge in [-0.1, -0.05) is 30.3 Å². The molecular weight excluding hydrogens is 871 g/mol.